The van der Waals surface area contributed by atoms with Gasteiger partial charge in [-0.05, 0) is 43.0 Å². The molecule has 2 N–H and O–H groups in total. The highest BCUT2D eigenvalue weighted by Gasteiger charge is 2.11. The maximum absolute atomic E-state index is 5.57. The summed E-state index contributed by atoms with van der Waals surface area (Å²) in [4.78, 5) is 10.2. The zero-order valence-electron chi connectivity index (χ0n) is 10.2. The highest BCUT2D eigenvalue weighted by atomic mass is 32.1. The van der Waals surface area contributed by atoms with Gasteiger partial charge in [0.2, 0.25) is 0 Å². The molecule has 3 nitrogen and oxygen atoms in total. The van der Waals surface area contributed by atoms with Gasteiger partial charge in [-0.25, -0.2) is 9.97 Å². The first kappa shape index (κ1) is 12.2. The van der Waals surface area contributed by atoms with E-state index in [9.17, 15) is 0 Å². The molecule has 0 saturated heterocycles. The van der Waals surface area contributed by atoms with Crippen LogP contribution in [0.2, 0.25) is 0 Å². The number of hydrogen-bond donors (Lipinski definition) is 1. The fourth-order valence-corrected chi connectivity index (χ4v) is 2.65. The summed E-state index contributed by atoms with van der Waals surface area (Å²) in [5.41, 5.74) is 7.86. The quantitative estimate of drug-likeness (QED) is 0.903. The van der Waals surface area contributed by atoms with E-state index < -0.39 is 0 Å². The molecule has 1 atom stereocenters. The average molecular weight is 247 g/mol. The molecular weight excluding hydrogens is 230 g/mol. The Morgan fingerprint density at radius 3 is 2.88 bits per heavy atom. The van der Waals surface area contributed by atoms with Crippen LogP contribution in [0.4, 0.5) is 0 Å². The highest BCUT2D eigenvalue weighted by Crippen LogP contribution is 2.28. The van der Waals surface area contributed by atoms with Gasteiger partial charge in [-0.15, -0.1) is 11.3 Å². The van der Waals surface area contributed by atoms with Crippen molar-refractivity contribution in [2.75, 3.05) is 6.54 Å². The van der Waals surface area contributed by atoms with Crippen LogP contribution in [0.25, 0.3) is 10.6 Å². The molecular formula is C13H17N3S. The van der Waals surface area contributed by atoms with Crippen LogP contribution in [-0.2, 0) is 0 Å². The van der Waals surface area contributed by atoms with E-state index >= 15 is 0 Å². The van der Waals surface area contributed by atoms with E-state index in [2.05, 4.69) is 35.3 Å². The molecule has 2 aromatic rings. The van der Waals surface area contributed by atoms with Crippen molar-refractivity contribution in [2.24, 2.45) is 5.73 Å². The van der Waals surface area contributed by atoms with Crippen molar-refractivity contribution in [3.8, 4) is 10.6 Å². The molecule has 17 heavy (non-hydrogen) atoms. The Bertz CT molecular complexity index is 493. The van der Waals surface area contributed by atoms with Gasteiger partial charge in [0.1, 0.15) is 5.82 Å². The van der Waals surface area contributed by atoms with Crippen molar-refractivity contribution < 1.29 is 0 Å². The molecule has 1 unspecified atom stereocenters. The first-order valence-corrected chi connectivity index (χ1v) is 6.68. The van der Waals surface area contributed by atoms with Gasteiger partial charge in [-0.1, -0.05) is 6.92 Å². The first-order valence-electron chi connectivity index (χ1n) is 5.80. The van der Waals surface area contributed by atoms with Gasteiger partial charge >= 0.3 is 0 Å². The van der Waals surface area contributed by atoms with Crippen LogP contribution in [0.3, 0.4) is 0 Å². The molecule has 2 aromatic heterocycles. The summed E-state index contributed by atoms with van der Waals surface area (Å²) in [6.45, 7) is 4.90. The Labute approximate surface area is 106 Å². The van der Waals surface area contributed by atoms with Crippen molar-refractivity contribution in [3.05, 3.63) is 35.1 Å². The highest BCUT2D eigenvalue weighted by molar-refractivity contribution is 7.13. The van der Waals surface area contributed by atoms with Crippen LogP contribution in [0.1, 0.15) is 30.7 Å². The van der Waals surface area contributed by atoms with E-state index in [4.69, 9.17) is 5.73 Å². The molecule has 0 amide bonds. The number of nitrogens with two attached hydrogens (primary N) is 1. The standard InChI is InChI=1S/C13H17N3S/c1-9-5-8-17-12(9)11-4-7-15-13(16-11)10(2)3-6-14/h4-5,7-8,10H,3,6,14H2,1-2H3. The summed E-state index contributed by atoms with van der Waals surface area (Å²) in [5.74, 6) is 1.21. The molecule has 2 heterocycles. The van der Waals surface area contributed by atoms with Crippen molar-refractivity contribution >= 4 is 11.3 Å². The molecule has 0 fully saturated rings. The monoisotopic (exact) mass is 247 g/mol. The summed E-state index contributed by atoms with van der Waals surface area (Å²) in [5, 5.41) is 2.09. The van der Waals surface area contributed by atoms with Crippen molar-refractivity contribution in [1.29, 1.82) is 0 Å². The Kier molecular flexibility index (Phi) is 3.86. The Hall–Kier alpha value is -1.26. The lowest BCUT2D eigenvalue weighted by atomic mass is 10.1. The van der Waals surface area contributed by atoms with Crippen LogP contribution in [0.5, 0.6) is 0 Å². The largest absolute Gasteiger partial charge is 0.330 e. The maximum atomic E-state index is 5.57. The average Bonchev–Trinajstić information content (AvgIpc) is 2.76. The Morgan fingerprint density at radius 1 is 1.41 bits per heavy atom. The van der Waals surface area contributed by atoms with Gasteiger partial charge < -0.3 is 5.73 Å². The van der Waals surface area contributed by atoms with E-state index in [1.165, 1.54) is 10.4 Å². The van der Waals surface area contributed by atoms with E-state index in [0.717, 1.165) is 17.9 Å². The van der Waals surface area contributed by atoms with E-state index in [1.807, 2.05) is 12.3 Å². The molecule has 0 aliphatic heterocycles. The van der Waals surface area contributed by atoms with Gasteiger partial charge in [-0.2, -0.15) is 0 Å². The fourth-order valence-electron chi connectivity index (χ4n) is 1.75. The lowest BCUT2D eigenvalue weighted by Gasteiger charge is -2.09. The Balaban J connectivity index is 2.32. The number of rotatable bonds is 4. The lowest BCUT2D eigenvalue weighted by molar-refractivity contribution is 0.648. The molecule has 0 aromatic carbocycles. The van der Waals surface area contributed by atoms with Gasteiger partial charge in [-0.3, -0.25) is 0 Å². The SMILES string of the molecule is Cc1ccsc1-c1ccnc(C(C)CCN)n1. The maximum Gasteiger partial charge on any atom is 0.131 e. The third kappa shape index (κ3) is 2.70. The van der Waals surface area contributed by atoms with Crippen molar-refractivity contribution in [1.82, 2.24) is 9.97 Å². The molecule has 0 bridgehead atoms. The van der Waals surface area contributed by atoms with Crippen molar-refractivity contribution in [3.63, 3.8) is 0 Å². The molecule has 90 valence electrons. The second-order valence-electron chi connectivity index (χ2n) is 4.21. The summed E-state index contributed by atoms with van der Waals surface area (Å²) in [7, 11) is 0. The fraction of sp³-hybridized carbons (Fsp3) is 0.385. The van der Waals surface area contributed by atoms with E-state index in [0.29, 0.717) is 12.5 Å². The normalized spacial score (nSPS) is 12.6. The molecule has 0 radical (unpaired) electrons. The summed E-state index contributed by atoms with van der Waals surface area (Å²) < 4.78 is 0. The molecule has 0 saturated carbocycles. The van der Waals surface area contributed by atoms with Crippen LogP contribution < -0.4 is 5.73 Å². The number of aromatic nitrogens is 2. The van der Waals surface area contributed by atoms with E-state index in [-0.39, 0.29) is 0 Å². The van der Waals surface area contributed by atoms with Crippen LogP contribution >= 0.6 is 11.3 Å². The predicted molar refractivity (Wildman–Crippen MR) is 72.2 cm³/mol. The topological polar surface area (TPSA) is 51.8 Å². The molecule has 0 spiro atoms. The van der Waals surface area contributed by atoms with Crippen LogP contribution in [0.15, 0.2) is 23.7 Å². The van der Waals surface area contributed by atoms with Crippen LogP contribution in [0, 0.1) is 6.92 Å². The second kappa shape index (κ2) is 5.38. The smallest absolute Gasteiger partial charge is 0.131 e. The summed E-state index contributed by atoms with van der Waals surface area (Å²) >= 11 is 1.72. The van der Waals surface area contributed by atoms with Gasteiger partial charge in [0.05, 0.1) is 10.6 Å². The van der Waals surface area contributed by atoms with Crippen LogP contribution in [-0.4, -0.2) is 16.5 Å². The summed E-state index contributed by atoms with van der Waals surface area (Å²) in [6, 6.07) is 4.09. The lowest BCUT2D eigenvalue weighted by Crippen LogP contribution is -2.07. The minimum atomic E-state index is 0.320. The van der Waals surface area contributed by atoms with Gasteiger partial charge in [0.25, 0.3) is 0 Å². The van der Waals surface area contributed by atoms with E-state index in [1.54, 1.807) is 11.3 Å². The summed E-state index contributed by atoms with van der Waals surface area (Å²) in [6.07, 6.45) is 2.76. The molecule has 0 aliphatic carbocycles. The minimum absolute atomic E-state index is 0.320. The second-order valence-corrected chi connectivity index (χ2v) is 5.13. The third-order valence-corrected chi connectivity index (χ3v) is 3.85. The zero-order valence-corrected chi connectivity index (χ0v) is 11.0. The minimum Gasteiger partial charge on any atom is -0.330 e. The number of nitrogens with zero attached hydrogens (tertiary/aromatic N) is 2. The predicted octanol–water partition coefficient (Wildman–Crippen LogP) is 2.97. The zero-order chi connectivity index (χ0) is 12.3. The first-order chi connectivity index (χ1) is 8.22. The number of hydrogen-bond acceptors (Lipinski definition) is 4. The number of aryl methyl sites for hydroxylation is 1. The van der Waals surface area contributed by atoms with Crippen molar-refractivity contribution in [2.45, 2.75) is 26.2 Å². The Morgan fingerprint density at radius 2 is 2.24 bits per heavy atom. The molecule has 4 heteroatoms. The molecule has 2 rings (SSSR count). The number of thiophene rings is 1. The third-order valence-electron chi connectivity index (χ3n) is 2.81. The van der Waals surface area contributed by atoms with Gasteiger partial charge in [0, 0.05) is 12.1 Å². The molecule has 0 aliphatic rings. The van der Waals surface area contributed by atoms with Gasteiger partial charge in [0.15, 0.2) is 0 Å².